The van der Waals surface area contributed by atoms with Crippen LogP contribution in [0.1, 0.15) is 0 Å². The Hall–Kier alpha value is -0.220. The van der Waals surface area contributed by atoms with E-state index in [0.29, 0.717) is 13.1 Å². The monoisotopic (exact) mass is 261 g/mol. The standard InChI is InChI=1S/C6H18N4.2H3N.HO3P/c7-1-3-9-5-6-10-4-2-8;;;1-4(2)3/h9-10H,1-8H2;2*1H3;(H-,1,2,3)/p+1. The van der Waals surface area contributed by atoms with Crippen LogP contribution >= 0.6 is 8.25 Å². The molecule has 0 saturated carbocycles. The van der Waals surface area contributed by atoms with Crippen LogP contribution in [0.25, 0.3) is 0 Å². The smallest absolute Gasteiger partial charge is 0.344 e. The Kier molecular flexibility index (Phi) is 37.5. The summed E-state index contributed by atoms with van der Waals surface area (Å²) in [5.41, 5.74) is 10.5. The van der Waals surface area contributed by atoms with Gasteiger partial charge in [-0.2, -0.15) is 0 Å². The Bertz CT molecular complexity index is 119. The molecule has 0 unspecified atom stereocenters. The average Bonchev–Trinajstić information content (AvgIpc) is 2.10. The van der Waals surface area contributed by atoms with Gasteiger partial charge >= 0.3 is 8.25 Å². The molecule has 0 spiro atoms. The lowest BCUT2D eigenvalue weighted by Crippen LogP contribution is -2.32. The second kappa shape index (κ2) is 24.2. The van der Waals surface area contributed by atoms with Crippen LogP contribution in [0.2, 0.25) is 0 Å². The normalized spacial score (nSPS) is 8.00. The van der Waals surface area contributed by atoms with Crippen LogP contribution in [0.15, 0.2) is 0 Å². The van der Waals surface area contributed by atoms with Crippen LogP contribution in [0.5, 0.6) is 0 Å². The molecule has 0 saturated heterocycles. The van der Waals surface area contributed by atoms with Crippen molar-refractivity contribution in [3.05, 3.63) is 0 Å². The minimum absolute atomic E-state index is 0. The maximum absolute atomic E-state index is 8.70. The van der Waals surface area contributed by atoms with Gasteiger partial charge < -0.3 is 34.4 Å². The molecule has 0 radical (unpaired) electrons. The first-order chi connectivity index (χ1) is 6.65. The first-order valence-electron chi connectivity index (χ1n) is 4.31. The maximum Gasteiger partial charge on any atom is 0.692 e. The van der Waals surface area contributed by atoms with Crippen molar-refractivity contribution in [3.8, 4) is 0 Å². The van der Waals surface area contributed by atoms with Gasteiger partial charge in [-0.1, -0.05) is 0 Å². The Labute approximate surface area is 97.1 Å². The van der Waals surface area contributed by atoms with E-state index in [-0.39, 0.29) is 12.3 Å². The van der Waals surface area contributed by atoms with E-state index in [0.717, 1.165) is 26.2 Å². The molecule has 0 aromatic carbocycles. The molecule has 14 N–H and O–H groups in total. The van der Waals surface area contributed by atoms with Gasteiger partial charge in [-0.05, 0) is 0 Å². The minimum atomic E-state index is -2.87. The van der Waals surface area contributed by atoms with E-state index in [1.807, 2.05) is 0 Å². The van der Waals surface area contributed by atoms with E-state index in [1.54, 1.807) is 0 Å². The first-order valence-corrected chi connectivity index (χ1v) is 5.48. The highest BCUT2D eigenvalue weighted by atomic mass is 31.1. The van der Waals surface area contributed by atoms with E-state index in [2.05, 4.69) is 10.6 Å². The van der Waals surface area contributed by atoms with Crippen molar-refractivity contribution in [1.82, 2.24) is 22.9 Å². The molecule has 0 rings (SSSR count). The molecule has 16 heavy (non-hydrogen) atoms. The molecule has 0 aliphatic heterocycles. The largest absolute Gasteiger partial charge is 0.692 e. The van der Waals surface area contributed by atoms with E-state index < -0.39 is 8.25 Å². The Balaban J connectivity index is -0.000000105. The predicted octanol–water partition coefficient (Wildman–Crippen LogP) is -1.96. The fourth-order valence-electron chi connectivity index (χ4n) is 0.631. The third kappa shape index (κ3) is 49.0. The maximum atomic E-state index is 8.70. The summed E-state index contributed by atoms with van der Waals surface area (Å²) in [5.74, 6) is 0. The zero-order valence-corrected chi connectivity index (χ0v) is 10.5. The van der Waals surface area contributed by atoms with E-state index in [1.165, 1.54) is 0 Å². The zero-order chi connectivity index (χ0) is 11.2. The second-order valence-electron chi connectivity index (χ2n) is 2.33. The highest BCUT2D eigenvalue weighted by molar-refractivity contribution is 7.30. The van der Waals surface area contributed by atoms with Gasteiger partial charge in [0.2, 0.25) is 0 Å². The van der Waals surface area contributed by atoms with Crippen molar-refractivity contribution < 1.29 is 14.4 Å². The van der Waals surface area contributed by atoms with Gasteiger partial charge in [-0.3, -0.25) is 0 Å². The predicted molar refractivity (Wildman–Crippen MR) is 65.9 cm³/mol. The van der Waals surface area contributed by atoms with E-state index >= 15 is 0 Å². The van der Waals surface area contributed by atoms with Crippen molar-refractivity contribution in [2.24, 2.45) is 11.5 Å². The molecule has 0 atom stereocenters. The summed E-state index contributed by atoms with van der Waals surface area (Å²) in [6.07, 6.45) is 0. The zero-order valence-electron chi connectivity index (χ0n) is 9.56. The molecule has 0 aliphatic rings. The average molecular weight is 261 g/mol. The topological polar surface area (TPSA) is 204 Å². The molecular formula is C6H26N6O3P+. The van der Waals surface area contributed by atoms with Crippen molar-refractivity contribution in [3.63, 3.8) is 0 Å². The van der Waals surface area contributed by atoms with Gasteiger partial charge in [-0.25, -0.2) is 0 Å². The number of hydrogen-bond donors (Lipinski definition) is 8. The van der Waals surface area contributed by atoms with E-state index in [9.17, 15) is 0 Å². The van der Waals surface area contributed by atoms with Gasteiger partial charge in [0.1, 0.15) is 0 Å². The summed E-state index contributed by atoms with van der Waals surface area (Å²) < 4.78 is 8.70. The number of rotatable bonds is 7. The summed E-state index contributed by atoms with van der Waals surface area (Å²) in [6.45, 7) is 5.14. The SMILES string of the molecule is N.N.NCCNCCNCCN.O=[P+](O)O. The third-order valence-electron chi connectivity index (χ3n) is 1.12. The number of nitrogens with two attached hydrogens (primary N) is 2. The van der Waals surface area contributed by atoms with Crippen LogP contribution in [0.4, 0.5) is 0 Å². The van der Waals surface area contributed by atoms with Gasteiger partial charge in [0.25, 0.3) is 0 Å². The van der Waals surface area contributed by atoms with Gasteiger partial charge in [0.05, 0.1) is 0 Å². The van der Waals surface area contributed by atoms with Crippen molar-refractivity contribution in [2.75, 3.05) is 39.3 Å². The molecular weight excluding hydrogens is 235 g/mol. The highest BCUT2D eigenvalue weighted by Crippen LogP contribution is 1.98. The quantitative estimate of drug-likeness (QED) is 0.189. The summed E-state index contributed by atoms with van der Waals surface area (Å²) in [5, 5.41) is 6.33. The lowest BCUT2D eigenvalue weighted by Gasteiger charge is -2.03. The fourth-order valence-corrected chi connectivity index (χ4v) is 0.631. The molecule has 0 aromatic heterocycles. The summed E-state index contributed by atoms with van der Waals surface area (Å²) in [7, 11) is -2.87. The molecule has 10 heteroatoms. The Morgan fingerprint density at radius 3 is 1.31 bits per heavy atom. The van der Waals surface area contributed by atoms with Crippen LogP contribution in [-0.4, -0.2) is 49.1 Å². The molecule has 9 nitrogen and oxygen atoms in total. The molecule has 0 aliphatic carbocycles. The van der Waals surface area contributed by atoms with Gasteiger partial charge in [0.15, 0.2) is 0 Å². The molecule has 0 aromatic rings. The highest BCUT2D eigenvalue weighted by Gasteiger charge is 1.93. The van der Waals surface area contributed by atoms with Crippen LogP contribution in [0, 0.1) is 0 Å². The van der Waals surface area contributed by atoms with Gasteiger partial charge in [-0.15, -0.1) is 9.79 Å². The lowest BCUT2D eigenvalue weighted by atomic mass is 10.5. The third-order valence-corrected chi connectivity index (χ3v) is 1.12. The van der Waals surface area contributed by atoms with Crippen LogP contribution in [-0.2, 0) is 4.57 Å². The minimum Gasteiger partial charge on any atom is -0.344 e. The summed E-state index contributed by atoms with van der Waals surface area (Å²) in [4.78, 5) is 14.2. The summed E-state index contributed by atoms with van der Waals surface area (Å²) >= 11 is 0. The number of nitrogens with one attached hydrogen (secondary N) is 2. The summed E-state index contributed by atoms with van der Waals surface area (Å²) in [6, 6.07) is 0. The first kappa shape index (κ1) is 24.8. The van der Waals surface area contributed by atoms with Crippen LogP contribution < -0.4 is 34.4 Å². The second-order valence-corrected chi connectivity index (χ2v) is 2.84. The van der Waals surface area contributed by atoms with Crippen molar-refractivity contribution in [2.45, 2.75) is 0 Å². The molecule has 0 bridgehead atoms. The van der Waals surface area contributed by atoms with Crippen LogP contribution in [0.3, 0.4) is 0 Å². The van der Waals surface area contributed by atoms with Gasteiger partial charge in [0, 0.05) is 43.8 Å². The lowest BCUT2D eigenvalue weighted by molar-refractivity contribution is 0.405. The van der Waals surface area contributed by atoms with Crippen molar-refractivity contribution >= 4 is 8.25 Å². The molecule has 102 valence electrons. The van der Waals surface area contributed by atoms with Crippen molar-refractivity contribution in [1.29, 1.82) is 0 Å². The molecule has 0 heterocycles. The molecule has 0 amide bonds. The molecule has 0 fully saturated rings. The van der Waals surface area contributed by atoms with E-state index in [4.69, 9.17) is 25.8 Å². The fraction of sp³-hybridized carbons (Fsp3) is 1.00. The number of hydrogen-bond acceptors (Lipinski definition) is 7. The Morgan fingerprint density at radius 2 is 1.12 bits per heavy atom. The Morgan fingerprint density at radius 1 is 0.875 bits per heavy atom.